The number of aliphatic carboxylic acids is 1. The normalized spacial score (nSPS) is 10.1. The molecule has 0 saturated heterocycles. The molecule has 0 fully saturated rings. The van der Waals surface area contributed by atoms with Gasteiger partial charge in [-0.3, -0.25) is 4.79 Å². The van der Waals surface area contributed by atoms with E-state index in [1.165, 1.54) is 6.07 Å². The number of carbonyl (C=O) groups is 1. The molecule has 84 valence electrons. The minimum Gasteiger partial charge on any atom is -0.481 e. The Labute approximate surface area is 89.1 Å². The maximum Gasteiger partial charge on any atom is 0.309 e. The lowest BCUT2D eigenvalue weighted by molar-refractivity contribution is -0.136. The number of nitriles is 1. The number of carboxylic acid groups (broad SMARTS) is 1. The third kappa shape index (κ3) is 2.42. The summed E-state index contributed by atoms with van der Waals surface area (Å²) in [5.41, 5.74) is 3.77. The maximum atomic E-state index is 12.5. The molecule has 0 atom stereocenters. The summed E-state index contributed by atoms with van der Waals surface area (Å²) in [4.78, 5) is 13.9. The van der Waals surface area contributed by atoms with Gasteiger partial charge in [0.1, 0.15) is 6.07 Å². The Balaban J connectivity index is 3.28. The average molecular weight is 227 g/mol. The monoisotopic (exact) mass is 227 g/mol. The highest BCUT2D eigenvalue weighted by Crippen LogP contribution is 2.27. The second-order valence-corrected chi connectivity index (χ2v) is 2.95. The minimum atomic E-state index is -2.92. The van der Waals surface area contributed by atoms with Crippen LogP contribution in [-0.4, -0.2) is 16.1 Å². The van der Waals surface area contributed by atoms with E-state index in [0.717, 1.165) is 6.07 Å². The summed E-state index contributed by atoms with van der Waals surface area (Å²) >= 11 is 0. The number of nitrogens with two attached hydrogens (primary N) is 1. The lowest BCUT2D eigenvalue weighted by Crippen LogP contribution is -2.08. The van der Waals surface area contributed by atoms with Crippen molar-refractivity contribution in [2.24, 2.45) is 0 Å². The second kappa shape index (κ2) is 4.53. The molecule has 0 aliphatic heterocycles. The van der Waals surface area contributed by atoms with E-state index in [-0.39, 0.29) is 11.4 Å². The van der Waals surface area contributed by atoms with Gasteiger partial charge in [-0.05, 0) is 6.07 Å². The molecule has 0 saturated carbocycles. The highest BCUT2D eigenvalue weighted by Gasteiger charge is 2.19. The van der Waals surface area contributed by atoms with E-state index >= 15 is 0 Å². The molecular weight excluding hydrogens is 220 g/mol. The molecule has 0 radical (unpaired) electrons. The van der Waals surface area contributed by atoms with Crippen LogP contribution in [0.3, 0.4) is 0 Å². The van der Waals surface area contributed by atoms with Crippen molar-refractivity contribution in [2.75, 3.05) is 5.73 Å². The van der Waals surface area contributed by atoms with Gasteiger partial charge in [0.25, 0.3) is 6.43 Å². The molecule has 0 amide bonds. The Morgan fingerprint density at radius 3 is 2.75 bits per heavy atom. The van der Waals surface area contributed by atoms with Gasteiger partial charge in [-0.2, -0.15) is 5.26 Å². The van der Waals surface area contributed by atoms with Gasteiger partial charge < -0.3 is 10.8 Å². The molecule has 1 aromatic heterocycles. The van der Waals surface area contributed by atoms with E-state index in [0.29, 0.717) is 0 Å². The number of pyridine rings is 1. The second-order valence-electron chi connectivity index (χ2n) is 2.95. The van der Waals surface area contributed by atoms with E-state index in [1.807, 2.05) is 0 Å². The number of carboxylic acids is 1. The van der Waals surface area contributed by atoms with E-state index in [1.54, 1.807) is 0 Å². The largest absolute Gasteiger partial charge is 0.481 e. The predicted octanol–water partition coefficient (Wildman–Crippen LogP) is 1.10. The van der Waals surface area contributed by atoms with Crippen LogP contribution < -0.4 is 5.73 Å². The molecule has 0 unspecified atom stereocenters. The van der Waals surface area contributed by atoms with Crippen LogP contribution in [0.2, 0.25) is 0 Å². The van der Waals surface area contributed by atoms with E-state index < -0.39 is 30.1 Å². The van der Waals surface area contributed by atoms with Gasteiger partial charge in [0.2, 0.25) is 0 Å². The molecule has 0 bridgehead atoms. The zero-order valence-corrected chi connectivity index (χ0v) is 7.94. The van der Waals surface area contributed by atoms with Gasteiger partial charge >= 0.3 is 5.97 Å². The molecule has 3 N–H and O–H groups in total. The Hall–Kier alpha value is -2.23. The summed E-state index contributed by atoms with van der Waals surface area (Å²) in [6.07, 6.45) is -3.39. The highest BCUT2D eigenvalue weighted by atomic mass is 19.3. The van der Waals surface area contributed by atoms with Crippen molar-refractivity contribution >= 4 is 11.7 Å². The van der Waals surface area contributed by atoms with Crippen molar-refractivity contribution in [2.45, 2.75) is 12.8 Å². The maximum absolute atomic E-state index is 12.5. The van der Waals surface area contributed by atoms with Crippen LogP contribution in [0.15, 0.2) is 6.07 Å². The molecule has 1 heterocycles. The van der Waals surface area contributed by atoms with Crippen LogP contribution in [0.25, 0.3) is 0 Å². The third-order valence-electron chi connectivity index (χ3n) is 1.80. The quantitative estimate of drug-likeness (QED) is 0.805. The molecule has 1 aromatic rings. The fourth-order valence-corrected chi connectivity index (χ4v) is 1.19. The number of halogens is 2. The fourth-order valence-electron chi connectivity index (χ4n) is 1.19. The number of aromatic nitrogens is 1. The molecule has 16 heavy (non-hydrogen) atoms. The van der Waals surface area contributed by atoms with Crippen LogP contribution in [0.1, 0.15) is 23.4 Å². The van der Waals surface area contributed by atoms with Gasteiger partial charge in [-0.25, -0.2) is 13.8 Å². The van der Waals surface area contributed by atoms with Gasteiger partial charge in [0.05, 0.1) is 17.7 Å². The summed E-state index contributed by atoms with van der Waals surface area (Å²) in [5, 5.41) is 17.1. The lowest BCUT2D eigenvalue weighted by Gasteiger charge is -2.07. The third-order valence-corrected chi connectivity index (χ3v) is 1.80. The van der Waals surface area contributed by atoms with E-state index in [4.69, 9.17) is 16.1 Å². The number of nitrogen functional groups attached to an aromatic ring is 1. The molecule has 0 aromatic carbocycles. The van der Waals surface area contributed by atoms with Crippen LogP contribution in [0.4, 0.5) is 14.5 Å². The highest BCUT2D eigenvalue weighted by molar-refractivity contribution is 5.70. The summed E-state index contributed by atoms with van der Waals surface area (Å²) in [7, 11) is 0. The van der Waals surface area contributed by atoms with Gasteiger partial charge in [0.15, 0.2) is 5.69 Å². The summed E-state index contributed by atoms with van der Waals surface area (Å²) < 4.78 is 25.0. The Bertz CT molecular complexity index is 469. The molecule has 7 heteroatoms. The Kier molecular flexibility index (Phi) is 3.35. The van der Waals surface area contributed by atoms with Gasteiger partial charge in [0, 0.05) is 5.69 Å². The molecule has 0 aliphatic rings. The van der Waals surface area contributed by atoms with Crippen molar-refractivity contribution in [3.05, 3.63) is 23.0 Å². The number of hydrogen-bond acceptors (Lipinski definition) is 4. The number of anilines is 1. The van der Waals surface area contributed by atoms with Crippen molar-refractivity contribution in [3.8, 4) is 6.07 Å². The first-order valence-electron chi connectivity index (χ1n) is 4.15. The van der Waals surface area contributed by atoms with Gasteiger partial charge in [-0.15, -0.1) is 0 Å². The zero-order valence-electron chi connectivity index (χ0n) is 7.94. The first kappa shape index (κ1) is 11.8. The van der Waals surface area contributed by atoms with Crippen LogP contribution in [-0.2, 0) is 11.2 Å². The smallest absolute Gasteiger partial charge is 0.309 e. The number of hydrogen-bond donors (Lipinski definition) is 2. The van der Waals surface area contributed by atoms with Crippen molar-refractivity contribution < 1.29 is 18.7 Å². The standard InChI is InChI=1S/C9H7F2N3O2/c10-9(11)8-5(13)1-4(2-7(15)16)14-6(8)3-12/h1,9H,2H2,(H2,13,14)(H,15,16). The first-order valence-corrected chi connectivity index (χ1v) is 4.15. The number of alkyl halides is 2. The molecule has 0 spiro atoms. The topological polar surface area (TPSA) is 100 Å². The van der Waals surface area contributed by atoms with Crippen LogP contribution >= 0.6 is 0 Å². The van der Waals surface area contributed by atoms with Gasteiger partial charge in [-0.1, -0.05) is 0 Å². The first-order chi connectivity index (χ1) is 7.45. The number of nitrogens with zero attached hydrogens (tertiary/aromatic N) is 2. The van der Waals surface area contributed by atoms with E-state index in [9.17, 15) is 13.6 Å². The SMILES string of the molecule is N#Cc1nc(CC(=O)O)cc(N)c1C(F)F. The average Bonchev–Trinajstić information content (AvgIpc) is 2.14. The van der Waals surface area contributed by atoms with Crippen molar-refractivity contribution in [3.63, 3.8) is 0 Å². The minimum absolute atomic E-state index is 0.0223. The molecule has 0 aliphatic carbocycles. The zero-order chi connectivity index (χ0) is 12.3. The van der Waals surface area contributed by atoms with E-state index in [2.05, 4.69) is 4.98 Å². The summed E-state index contributed by atoms with van der Waals surface area (Å²) in [6.45, 7) is 0. The lowest BCUT2D eigenvalue weighted by atomic mass is 10.1. The Morgan fingerprint density at radius 1 is 1.69 bits per heavy atom. The fraction of sp³-hybridized carbons (Fsp3) is 0.222. The Morgan fingerprint density at radius 2 is 2.31 bits per heavy atom. The summed E-state index contributed by atoms with van der Waals surface area (Å²) in [5.74, 6) is -1.18. The van der Waals surface area contributed by atoms with Crippen molar-refractivity contribution in [1.82, 2.24) is 4.98 Å². The number of rotatable bonds is 3. The molecule has 5 nitrogen and oxygen atoms in total. The molecule has 1 rings (SSSR count). The molecular formula is C9H7F2N3O2. The summed E-state index contributed by atoms with van der Waals surface area (Å²) in [6, 6.07) is 2.51. The predicted molar refractivity (Wildman–Crippen MR) is 49.7 cm³/mol. The van der Waals surface area contributed by atoms with Crippen LogP contribution in [0, 0.1) is 11.3 Å². The van der Waals surface area contributed by atoms with Crippen molar-refractivity contribution in [1.29, 1.82) is 5.26 Å². The van der Waals surface area contributed by atoms with Crippen LogP contribution in [0.5, 0.6) is 0 Å².